The number of unbranched alkanes of at least 4 members (excludes halogenated alkanes) is 5. The first-order chi connectivity index (χ1) is 10.8. The van der Waals surface area contributed by atoms with Gasteiger partial charge in [-0.2, -0.15) is 0 Å². The van der Waals surface area contributed by atoms with Gasteiger partial charge in [-0.05, 0) is 30.0 Å². The van der Waals surface area contributed by atoms with Crippen molar-refractivity contribution in [2.75, 3.05) is 0 Å². The van der Waals surface area contributed by atoms with Crippen molar-refractivity contribution >= 4 is 0 Å². The Morgan fingerprint density at radius 3 is 2.27 bits per heavy atom. The highest BCUT2D eigenvalue weighted by Crippen LogP contribution is 2.25. The van der Waals surface area contributed by atoms with Gasteiger partial charge >= 0.3 is 0 Å². The zero-order valence-electron chi connectivity index (χ0n) is 13.7. The van der Waals surface area contributed by atoms with Crippen LogP contribution in [0.25, 0.3) is 0 Å². The molecule has 0 spiro atoms. The number of aryl methyl sites for hydroxylation is 1. The summed E-state index contributed by atoms with van der Waals surface area (Å²) in [5, 5.41) is 10.2. The van der Waals surface area contributed by atoms with E-state index in [0.29, 0.717) is 5.75 Å². The smallest absolute Gasteiger partial charge is 0.119 e. The molecule has 2 aromatic rings. The Morgan fingerprint density at radius 1 is 0.773 bits per heavy atom. The van der Waals surface area contributed by atoms with Crippen LogP contribution < -0.4 is 0 Å². The predicted molar refractivity (Wildman–Crippen MR) is 94.4 cm³/mol. The second-order valence-corrected chi connectivity index (χ2v) is 6.09. The third-order valence-electron chi connectivity index (χ3n) is 4.27. The van der Waals surface area contributed by atoms with Crippen LogP contribution in [0.4, 0.5) is 0 Å². The zero-order valence-corrected chi connectivity index (χ0v) is 13.7. The molecule has 22 heavy (non-hydrogen) atoms. The topological polar surface area (TPSA) is 20.2 Å². The van der Waals surface area contributed by atoms with Crippen molar-refractivity contribution in [2.24, 2.45) is 0 Å². The van der Waals surface area contributed by atoms with E-state index in [4.69, 9.17) is 0 Å². The summed E-state index contributed by atoms with van der Waals surface area (Å²) in [5.74, 6) is 0.437. The first-order valence-electron chi connectivity index (χ1n) is 8.65. The highest BCUT2D eigenvalue weighted by Gasteiger charge is 2.08. The van der Waals surface area contributed by atoms with E-state index in [1.165, 1.54) is 49.7 Å². The van der Waals surface area contributed by atoms with Gasteiger partial charge in [-0.25, -0.2) is 0 Å². The SMILES string of the molecule is CCCCCCCCc1cccc(O)c1Cc1ccccc1. The van der Waals surface area contributed by atoms with E-state index in [0.717, 1.165) is 18.4 Å². The minimum absolute atomic E-state index is 0.437. The van der Waals surface area contributed by atoms with E-state index in [-0.39, 0.29) is 0 Å². The van der Waals surface area contributed by atoms with Crippen LogP contribution in [-0.2, 0) is 12.8 Å². The van der Waals surface area contributed by atoms with Gasteiger partial charge in [0, 0.05) is 12.0 Å². The molecule has 0 unspecified atom stereocenters. The lowest BCUT2D eigenvalue weighted by molar-refractivity contribution is 0.468. The molecular weight excluding hydrogens is 268 g/mol. The lowest BCUT2D eigenvalue weighted by Gasteiger charge is -2.12. The fourth-order valence-corrected chi connectivity index (χ4v) is 2.96. The van der Waals surface area contributed by atoms with Crippen LogP contribution in [0, 0.1) is 0 Å². The molecule has 0 aromatic heterocycles. The van der Waals surface area contributed by atoms with Crippen molar-refractivity contribution in [1.82, 2.24) is 0 Å². The minimum Gasteiger partial charge on any atom is -0.508 e. The van der Waals surface area contributed by atoms with Crippen LogP contribution in [0.15, 0.2) is 48.5 Å². The monoisotopic (exact) mass is 296 g/mol. The van der Waals surface area contributed by atoms with Crippen molar-refractivity contribution < 1.29 is 5.11 Å². The Balaban J connectivity index is 1.94. The molecule has 0 saturated heterocycles. The first kappa shape index (κ1) is 16.6. The molecule has 0 atom stereocenters. The van der Waals surface area contributed by atoms with Gasteiger partial charge in [0.1, 0.15) is 5.75 Å². The molecule has 0 aliphatic carbocycles. The molecule has 0 aliphatic heterocycles. The van der Waals surface area contributed by atoms with Gasteiger partial charge in [0.05, 0.1) is 0 Å². The van der Waals surface area contributed by atoms with Gasteiger partial charge in [-0.1, -0.05) is 81.5 Å². The summed E-state index contributed by atoms with van der Waals surface area (Å²) in [6.07, 6.45) is 9.74. The van der Waals surface area contributed by atoms with Crippen LogP contribution >= 0.6 is 0 Å². The van der Waals surface area contributed by atoms with Gasteiger partial charge in [0.15, 0.2) is 0 Å². The van der Waals surface area contributed by atoms with E-state index in [1.807, 2.05) is 18.2 Å². The summed E-state index contributed by atoms with van der Waals surface area (Å²) in [5.41, 5.74) is 3.66. The number of hydrogen-bond donors (Lipinski definition) is 1. The molecule has 0 fully saturated rings. The average molecular weight is 296 g/mol. The van der Waals surface area contributed by atoms with Gasteiger partial charge in [0.2, 0.25) is 0 Å². The Bertz CT molecular complexity index is 545. The number of hydrogen-bond acceptors (Lipinski definition) is 1. The number of rotatable bonds is 9. The maximum Gasteiger partial charge on any atom is 0.119 e. The van der Waals surface area contributed by atoms with Gasteiger partial charge < -0.3 is 5.11 Å². The Kier molecular flexibility index (Phi) is 7.02. The Labute approximate surface area is 135 Å². The van der Waals surface area contributed by atoms with Crippen LogP contribution in [0.5, 0.6) is 5.75 Å². The molecule has 0 aliphatic rings. The molecule has 1 nitrogen and oxygen atoms in total. The molecule has 0 radical (unpaired) electrons. The van der Waals surface area contributed by atoms with Crippen LogP contribution in [-0.4, -0.2) is 5.11 Å². The third kappa shape index (κ3) is 5.22. The number of benzene rings is 2. The lowest BCUT2D eigenvalue weighted by Crippen LogP contribution is -1.97. The van der Waals surface area contributed by atoms with E-state index in [9.17, 15) is 5.11 Å². The van der Waals surface area contributed by atoms with Gasteiger partial charge in [-0.3, -0.25) is 0 Å². The van der Waals surface area contributed by atoms with Gasteiger partial charge in [-0.15, -0.1) is 0 Å². The molecule has 0 saturated carbocycles. The molecule has 0 amide bonds. The Morgan fingerprint density at radius 2 is 1.50 bits per heavy atom. The van der Waals surface area contributed by atoms with E-state index >= 15 is 0 Å². The first-order valence-corrected chi connectivity index (χ1v) is 8.65. The molecule has 2 aromatic carbocycles. The molecule has 1 heteroatoms. The molecule has 118 valence electrons. The largest absolute Gasteiger partial charge is 0.508 e. The summed E-state index contributed by atoms with van der Waals surface area (Å²) in [7, 11) is 0. The van der Waals surface area contributed by atoms with Crippen molar-refractivity contribution in [1.29, 1.82) is 0 Å². The molecule has 2 rings (SSSR count). The maximum atomic E-state index is 10.2. The van der Waals surface area contributed by atoms with Crippen molar-refractivity contribution in [3.05, 3.63) is 65.2 Å². The second kappa shape index (κ2) is 9.30. The van der Waals surface area contributed by atoms with Crippen LogP contribution in [0.1, 0.15) is 62.1 Å². The second-order valence-electron chi connectivity index (χ2n) is 6.09. The predicted octanol–water partition coefficient (Wildman–Crippen LogP) is 5.89. The molecule has 0 heterocycles. The summed E-state index contributed by atoms with van der Waals surface area (Å²) >= 11 is 0. The third-order valence-corrected chi connectivity index (χ3v) is 4.27. The lowest BCUT2D eigenvalue weighted by atomic mass is 9.95. The van der Waals surface area contributed by atoms with Crippen molar-refractivity contribution in [3.63, 3.8) is 0 Å². The zero-order chi connectivity index (χ0) is 15.6. The normalized spacial score (nSPS) is 10.8. The van der Waals surface area contributed by atoms with Crippen molar-refractivity contribution in [3.8, 4) is 5.75 Å². The summed E-state index contributed by atoms with van der Waals surface area (Å²) in [6, 6.07) is 16.3. The number of phenols is 1. The maximum absolute atomic E-state index is 10.2. The highest BCUT2D eigenvalue weighted by atomic mass is 16.3. The van der Waals surface area contributed by atoms with E-state index in [2.05, 4.69) is 37.3 Å². The van der Waals surface area contributed by atoms with Crippen LogP contribution in [0.3, 0.4) is 0 Å². The fraction of sp³-hybridized carbons (Fsp3) is 0.429. The molecule has 0 bridgehead atoms. The fourth-order valence-electron chi connectivity index (χ4n) is 2.96. The summed E-state index contributed by atoms with van der Waals surface area (Å²) in [6.45, 7) is 2.25. The van der Waals surface area contributed by atoms with Crippen LogP contribution in [0.2, 0.25) is 0 Å². The number of phenolic OH excluding ortho intramolecular Hbond substituents is 1. The molecule has 1 N–H and O–H groups in total. The Hall–Kier alpha value is -1.76. The quantitative estimate of drug-likeness (QED) is 0.572. The van der Waals surface area contributed by atoms with Crippen molar-refractivity contribution in [2.45, 2.75) is 58.3 Å². The molecular formula is C21H28O. The minimum atomic E-state index is 0.437. The summed E-state index contributed by atoms with van der Waals surface area (Å²) < 4.78 is 0. The standard InChI is InChI=1S/C21H28O/c1-2-3-4-5-6-10-14-19-15-11-16-21(22)20(19)17-18-12-8-7-9-13-18/h7-9,11-13,15-16,22H,2-6,10,14,17H2,1H3. The van der Waals surface area contributed by atoms with E-state index in [1.54, 1.807) is 0 Å². The summed E-state index contributed by atoms with van der Waals surface area (Å²) in [4.78, 5) is 0. The average Bonchev–Trinajstić information content (AvgIpc) is 2.54. The van der Waals surface area contributed by atoms with Gasteiger partial charge in [0.25, 0.3) is 0 Å². The number of aromatic hydroxyl groups is 1. The highest BCUT2D eigenvalue weighted by molar-refractivity contribution is 5.42. The van der Waals surface area contributed by atoms with E-state index < -0.39 is 0 Å².